The van der Waals surface area contributed by atoms with Crippen molar-refractivity contribution in [1.29, 1.82) is 0 Å². The van der Waals surface area contributed by atoms with Crippen LogP contribution in [0.1, 0.15) is 1.37 Å². The lowest BCUT2D eigenvalue weighted by Gasteiger charge is -1.60. The van der Waals surface area contributed by atoms with Crippen molar-refractivity contribution < 1.29 is 1.37 Å². The zero-order valence-corrected chi connectivity index (χ0v) is 5.21. The van der Waals surface area contributed by atoms with Crippen LogP contribution in [-0.4, -0.2) is 4.98 Å². The molecule has 0 unspecified atom stereocenters. The first-order chi connectivity index (χ1) is 3.29. The molecule has 1 aromatic rings. The van der Waals surface area contributed by atoms with Crippen molar-refractivity contribution in [2.75, 3.05) is 0 Å². The molecule has 1 heterocycles. The van der Waals surface area contributed by atoms with Gasteiger partial charge in [-0.3, -0.25) is 4.98 Å². The molecule has 0 aliphatic rings. The Balaban J connectivity index is 3.04. The fraction of sp³-hybridized carbons (Fsp3) is 0. The lowest BCUT2D eigenvalue weighted by atomic mass is 11.0. The summed E-state index contributed by atoms with van der Waals surface area (Å²) in [5.41, 5.74) is 0.354. The smallest absolute Gasteiger partial charge is 0.0960 e. The fourth-order valence-corrected chi connectivity index (χ4v) is 0.791. The molecule has 0 amide bonds. The molecule has 0 bridgehead atoms. The highest BCUT2D eigenvalue weighted by Gasteiger charge is 1.78. The van der Waals surface area contributed by atoms with E-state index in [1.165, 1.54) is 11.3 Å². The first kappa shape index (κ1) is 3.16. The molecule has 6 heavy (non-hydrogen) atoms. The normalized spacial score (nSPS) is 11.2. The molecule has 0 aliphatic heterocycles. The van der Waals surface area contributed by atoms with E-state index in [-0.39, 0.29) is 0 Å². The third-order valence-electron chi connectivity index (χ3n) is 0.362. The van der Waals surface area contributed by atoms with E-state index in [0.29, 0.717) is 5.49 Å². The van der Waals surface area contributed by atoms with Crippen molar-refractivity contribution in [1.82, 2.24) is 4.98 Å². The second-order valence-corrected chi connectivity index (χ2v) is 2.96. The molecule has 32 valence electrons. The summed E-state index contributed by atoms with van der Waals surface area (Å²) >= 11 is 4.48. The number of halogens is 1. The molecule has 1 nitrogen and oxygen atoms in total. The topological polar surface area (TPSA) is 12.9 Å². The third kappa shape index (κ3) is 0.786. The third-order valence-corrected chi connectivity index (χ3v) is 1.55. The van der Waals surface area contributed by atoms with Crippen molar-refractivity contribution in [3.63, 3.8) is 0 Å². The van der Waals surface area contributed by atoms with E-state index in [0.717, 1.165) is 3.79 Å². The maximum Gasteiger partial charge on any atom is 0.0960 e. The van der Waals surface area contributed by atoms with Gasteiger partial charge < -0.3 is 0 Å². The molecule has 1 rings (SSSR count). The SMILES string of the molecule is [2H]c1ncc(Br)s1. The van der Waals surface area contributed by atoms with Crippen LogP contribution in [-0.2, 0) is 0 Å². The second-order valence-electron chi connectivity index (χ2n) is 0.756. The van der Waals surface area contributed by atoms with E-state index in [9.17, 15) is 0 Å². The van der Waals surface area contributed by atoms with Crippen LogP contribution < -0.4 is 0 Å². The predicted octanol–water partition coefficient (Wildman–Crippen LogP) is 1.91. The van der Waals surface area contributed by atoms with Crippen molar-refractivity contribution in [3.05, 3.63) is 15.5 Å². The van der Waals surface area contributed by atoms with Gasteiger partial charge in [-0.05, 0) is 15.9 Å². The summed E-state index contributed by atoms with van der Waals surface area (Å²) < 4.78 is 7.81. The number of aromatic nitrogens is 1. The van der Waals surface area contributed by atoms with E-state index < -0.39 is 0 Å². The molecular weight excluding hydrogens is 162 g/mol. The maximum atomic E-state index is 6.89. The Hall–Kier alpha value is 0.110. The van der Waals surface area contributed by atoms with Gasteiger partial charge in [0.25, 0.3) is 0 Å². The summed E-state index contributed by atoms with van der Waals surface area (Å²) in [6.45, 7) is 0. The van der Waals surface area contributed by atoms with Crippen molar-refractivity contribution in [2.24, 2.45) is 0 Å². The Bertz CT molecular complexity index is 147. The van der Waals surface area contributed by atoms with Gasteiger partial charge in [0.15, 0.2) is 0 Å². The molecule has 0 aromatic carbocycles. The van der Waals surface area contributed by atoms with Gasteiger partial charge in [0.1, 0.15) is 0 Å². The highest BCUT2D eigenvalue weighted by Crippen LogP contribution is 2.12. The summed E-state index contributed by atoms with van der Waals surface area (Å²) in [5.74, 6) is 0. The van der Waals surface area contributed by atoms with E-state index in [2.05, 4.69) is 20.9 Å². The van der Waals surface area contributed by atoms with Gasteiger partial charge >= 0.3 is 0 Å². The largest absolute Gasteiger partial charge is 0.252 e. The molecule has 1 aromatic heterocycles. The number of rotatable bonds is 0. The van der Waals surface area contributed by atoms with Crippen LogP contribution in [0.2, 0.25) is 0 Å². The summed E-state index contributed by atoms with van der Waals surface area (Å²) in [6.07, 6.45) is 1.62. The second kappa shape index (κ2) is 1.71. The summed E-state index contributed by atoms with van der Waals surface area (Å²) in [5, 5.41) is 0. The number of nitrogens with zero attached hydrogens (tertiary/aromatic N) is 1. The van der Waals surface area contributed by atoms with Crippen LogP contribution in [0.25, 0.3) is 0 Å². The molecule has 0 atom stereocenters. The zero-order valence-electron chi connectivity index (χ0n) is 3.81. The molecule has 0 radical (unpaired) electrons. The van der Waals surface area contributed by atoms with Gasteiger partial charge in [0.05, 0.1) is 16.8 Å². The molecule has 0 fully saturated rings. The Morgan fingerprint density at radius 2 is 3.00 bits per heavy atom. The Kier molecular flexibility index (Phi) is 0.898. The monoisotopic (exact) mass is 164 g/mol. The van der Waals surface area contributed by atoms with E-state index in [4.69, 9.17) is 1.37 Å². The lowest BCUT2D eigenvalue weighted by molar-refractivity contribution is 1.42. The Morgan fingerprint density at radius 3 is 3.17 bits per heavy atom. The van der Waals surface area contributed by atoms with Crippen molar-refractivity contribution in [3.8, 4) is 0 Å². The van der Waals surface area contributed by atoms with Crippen molar-refractivity contribution >= 4 is 27.3 Å². The summed E-state index contributed by atoms with van der Waals surface area (Å²) in [4.78, 5) is 3.65. The van der Waals surface area contributed by atoms with Crippen LogP contribution in [0.3, 0.4) is 0 Å². The Morgan fingerprint density at radius 1 is 2.17 bits per heavy atom. The summed E-state index contributed by atoms with van der Waals surface area (Å²) in [6, 6.07) is 0. The Labute approximate surface area is 49.6 Å². The molecule has 0 saturated carbocycles. The number of thiazole rings is 1. The van der Waals surface area contributed by atoms with Crippen LogP contribution in [0.15, 0.2) is 15.5 Å². The number of hydrogen-bond acceptors (Lipinski definition) is 2. The minimum absolute atomic E-state index is 0.354. The molecule has 0 aliphatic carbocycles. The zero-order chi connectivity index (χ0) is 5.28. The highest BCUT2D eigenvalue weighted by molar-refractivity contribution is 9.11. The summed E-state index contributed by atoms with van der Waals surface area (Å²) in [7, 11) is 0. The quantitative estimate of drug-likeness (QED) is 0.572. The average Bonchev–Trinajstić information content (AvgIpc) is 1.87. The minimum atomic E-state index is 0.354. The highest BCUT2D eigenvalue weighted by atomic mass is 79.9. The number of hydrogen-bond donors (Lipinski definition) is 0. The first-order valence-corrected chi connectivity index (χ1v) is 2.98. The van der Waals surface area contributed by atoms with Crippen LogP contribution >= 0.6 is 27.3 Å². The average molecular weight is 165 g/mol. The van der Waals surface area contributed by atoms with Gasteiger partial charge in [0.2, 0.25) is 0 Å². The molecule has 0 spiro atoms. The van der Waals surface area contributed by atoms with E-state index in [1.54, 1.807) is 6.20 Å². The van der Waals surface area contributed by atoms with Gasteiger partial charge in [-0.15, -0.1) is 11.3 Å². The van der Waals surface area contributed by atoms with E-state index in [1.807, 2.05) is 0 Å². The van der Waals surface area contributed by atoms with Gasteiger partial charge in [-0.1, -0.05) is 0 Å². The first-order valence-electron chi connectivity index (χ1n) is 1.87. The predicted molar refractivity (Wildman–Crippen MR) is 29.8 cm³/mol. The molecule has 3 heteroatoms. The maximum absolute atomic E-state index is 6.89. The van der Waals surface area contributed by atoms with Gasteiger partial charge in [-0.2, -0.15) is 0 Å². The molecular formula is C3H2BrNS. The van der Waals surface area contributed by atoms with Crippen LogP contribution in [0.5, 0.6) is 0 Å². The molecule has 0 saturated heterocycles. The van der Waals surface area contributed by atoms with Gasteiger partial charge in [-0.25, -0.2) is 0 Å². The van der Waals surface area contributed by atoms with E-state index >= 15 is 0 Å². The fourth-order valence-electron chi connectivity index (χ4n) is 0.173. The van der Waals surface area contributed by atoms with Gasteiger partial charge in [0, 0.05) is 0 Å². The van der Waals surface area contributed by atoms with Crippen molar-refractivity contribution in [2.45, 2.75) is 0 Å². The molecule has 0 N–H and O–H groups in total. The van der Waals surface area contributed by atoms with Crippen LogP contribution in [0.4, 0.5) is 0 Å². The standard InChI is InChI=1S/C3H2BrNS/c4-3-1-5-2-6-3/h1-2H/i2D. The minimum Gasteiger partial charge on any atom is -0.252 e. The van der Waals surface area contributed by atoms with Crippen LogP contribution in [0, 0.1) is 0 Å². The lowest BCUT2D eigenvalue weighted by Crippen LogP contribution is -1.41.